The number of rotatable bonds is 6. The van der Waals surface area contributed by atoms with Crippen LogP contribution in [0.1, 0.15) is 47.0 Å². The van der Waals surface area contributed by atoms with Crippen molar-refractivity contribution in [3.05, 3.63) is 0 Å². The zero-order valence-electron chi connectivity index (χ0n) is 11.0. The van der Waals surface area contributed by atoms with Crippen LogP contribution < -0.4 is 11.1 Å². The Labute approximate surface area is 99.2 Å². The Balaban J connectivity index is 2.43. The molecule has 0 spiro atoms. The van der Waals surface area contributed by atoms with E-state index in [1.54, 1.807) is 0 Å². The molecule has 1 rings (SSSR count). The van der Waals surface area contributed by atoms with Crippen LogP contribution in [0.5, 0.6) is 0 Å². The van der Waals surface area contributed by atoms with Gasteiger partial charge in [0.25, 0.3) is 0 Å². The number of nitrogens with one attached hydrogen (secondary N) is 1. The Morgan fingerprint density at radius 1 is 1.44 bits per heavy atom. The molecule has 16 heavy (non-hydrogen) atoms. The van der Waals surface area contributed by atoms with Crippen LogP contribution in [-0.2, 0) is 4.79 Å². The Kier molecular flexibility index (Phi) is 4.36. The summed E-state index contributed by atoms with van der Waals surface area (Å²) in [5, 5.41) is 3.13. The third kappa shape index (κ3) is 3.48. The molecule has 3 nitrogen and oxygen atoms in total. The van der Waals surface area contributed by atoms with Crippen molar-refractivity contribution in [2.75, 3.05) is 6.54 Å². The number of carbonyl (C=O) groups excluding carboxylic acids is 1. The summed E-state index contributed by atoms with van der Waals surface area (Å²) in [4.78, 5) is 11.9. The second-order valence-electron chi connectivity index (χ2n) is 5.87. The van der Waals surface area contributed by atoms with Crippen molar-refractivity contribution in [3.8, 4) is 0 Å². The van der Waals surface area contributed by atoms with E-state index in [9.17, 15) is 4.79 Å². The SMILES string of the molecule is CC(C)C(C)CC(=O)NC(C)(CN)C1CC1. The van der Waals surface area contributed by atoms with E-state index in [2.05, 4.69) is 33.0 Å². The van der Waals surface area contributed by atoms with Gasteiger partial charge in [0.15, 0.2) is 0 Å². The first-order valence-corrected chi connectivity index (χ1v) is 6.40. The van der Waals surface area contributed by atoms with Crippen LogP contribution in [0, 0.1) is 17.8 Å². The van der Waals surface area contributed by atoms with Gasteiger partial charge in [0.05, 0.1) is 5.54 Å². The zero-order chi connectivity index (χ0) is 12.3. The molecule has 1 amide bonds. The van der Waals surface area contributed by atoms with Crippen LogP contribution in [0.3, 0.4) is 0 Å². The van der Waals surface area contributed by atoms with E-state index in [1.165, 1.54) is 12.8 Å². The van der Waals surface area contributed by atoms with Gasteiger partial charge in [0.1, 0.15) is 0 Å². The zero-order valence-corrected chi connectivity index (χ0v) is 11.0. The van der Waals surface area contributed by atoms with Gasteiger partial charge in [-0.2, -0.15) is 0 Å². The quantitative estimate of drug-likeness (QED) is 0.727. The maximum Gasteiger partial charge on any atom is 0.220 e. The molecule has 1 aliphatic carbocycles. The predicted octanol–water partition coefficient (Wildman–Crippen LogP) is 1.91. The molecule has 1 saturated carbocycles. The van der Waals surface area contributed by atoms with Gasteiger partial charge in [0, 0.05) is 13.0 Å². The fourth-order valence-electron chi connectivity index (χ4n) is 1.94. The molecule has 0 aromatic carbocycles. The van der Waals surface area contributed by atoms with E-state index >= 15 is 0 Å². The van der Waals surface area contributed by atoms with Crippen molar-refractivity contribution in [3.63, 3.8) is 0 Å². The van der Waals surface area contributed by atoms with Crippen molar-refractivity contribution in [2.24, 2.45) is 23.5 Å². The van der Waals surface area contributed by atoms with Crippen LogP contribution in [0.4, 0.5) is 0 Å². The van der Waals surface area contributed by atoms with E-state index in [0.717, 1.165) is 0 Å². The van der Waals surface area contributed by atoms with Gasteiger partial charge < -0.3 is 11.1 Å². The summed E-state index contributed by atoms with van der Waals surface area (Å²) in [6.45, 7) is 9.05. The van der Waals surface area contributed by atoms with Gasteiger partial charge in [-0.3, -0.25) is 4.79 Å². The summed E-state index contributed by atoms with van der Waals surface area (Å²) in [5.74, 6) is 1.73. The number of hydrogen-bond donors (Lipinski definition) is 2. The predicted molar refractivity (Wildman–Crippen MR) is 66.9 cm³/mol. The van der Waals surface area contributed by atoms with E-state index in [-0.39, 0.29) is 11.4 Å². The van der Waals surface area contributed by atoms with Gasteiger partial charge in [-0.05, 0) is 37.5 Å². The third-order valence-electron chi connectivity index (χ3n) is 3.97. The molecule has 2 atom stereocenters. The Morgan fingerprint density at radius 3 is 2.38 bits per heavy atom. The summed E-state index contributed by atoms with van der Waals surface area (Å²) in [5.41, 5.74) is 5.60. The van der Waals surface area contributed by atoms with Gasteiger partial charge >= 0.3 is 0 Å². The minimum Gasteiger partial charge on any atom is -0.349 e. The molecular weight excluding hydrogens is 200 g/mol. The van der Waals surface area contributed by atoms with Crippen molar-refractivity contribution >= 4 is 5.91 Å². The molecule has 1 fully saturated rings. The molecule has 1 aliphatic rings. The van der Waals surface area contributed by atoms with Crippen LogP contribution in [0.25, 0.3) is 0 Å². The van der Waals surface area contributed by atoms with E-state index in [1.807, 2.05) is 0 Å². The number of nitrogens with two attached hydrogens (primary N) is 1. The highest BCUT2D eigenvalue weighted by molar-refractivity contribution is 5.77. The molecule has 0 aromatic heterocycles. The standard InChI is InChI=1S/C13H26N2O/c1-9(2)10(3)7-12(16)15-13(4,8-14)11-5-6-11/h9-11H,5-8,14H2,1-4H3,(H,15,16). The molecule has 3 heteroatoms. The lowest BCUT2D eigenvalue weighted by atomic mass is 9.92. The van der Waals surface area contributed by atoms with Crippen LogP contribution in [-0.4, -0.2) is 18.0 Å². The summed E-state index contributed by atoms with van der Waals surface area (Å²) in [7, 11) is 0. The normalized spacial score (nSPS) is 21.6. The largest absolute Gasteiger partial charge is 0.349 e. The van der Waals surface area contributed by atoms with E-state index < -0.39 is 0 Å². The maximum atomic E-state index is 11.9. The van der Waals surface area contributed by atoms with E-state index in [4.69, 9.17) is 5.73 Å². The van der Waals surface area contributed by atoms with Gasteiger partial charge in [-0.25, -0.2) is 0 Å². The summed E-state index contributed by atoms with van der Waals surface area (Å²) >= 11 is 0. The van der Waals surface area contributed by atoms with Crippen molar-refractivity contribution in [1.29, 1.82) is 0 Å². The lowest BCUT2D eigenvalue weighted by Crippen LogP contribution is -2.53. The highest BCUT2D eigenvalue weighted by atomic mass is 16.1. The van der Waals surface area contributed by atoms with Crippen molar-refractivity contribution < 1.29 is 4.79 Å². The van der Waals surface area contributed by atoms with Crippen molar-refractivity contribution in [1.82, 2.24) is 5.32 Å². The second-order valence-corrected chi connectivity index (χ2v) is 5.87. The minimum absolute atomic E-state index is 0.154. The highest BCUT2D eigenvalue weighted by Crippen LogP contribution is 2.39. The van der Waals surface area contributed by atoms with Gasteiger partial charge in [-0.1, -0.05) is 20.8 Å². The first-order valence-electron chi connectivity index (χ1n) is 6.40. The second kappa shape index (κ2) is 5.17. The first-order chi connectivity index (χ1) is 7.39. The molecular formula is C13H26N2O. The lowest BCUT2D eigenvalue weighted by Gasteiger charge is -2.30. The Morgan fingerprint density at radius 2 is 2.00 bits per heavy atom. The highest BCUT2D eigenvalue weighted by Gasteiger charge is 2.41. The average Bonchev–Trinajstić information content (AvgIpc) is 3.00. The number of carbonyl (C=O) groups is 1. The van der Waals surface area contributed by atoms with Crippen LogP contribution in [0.2, 0.25) is 0 Å². The minimum atomic E-state index is -0.173. The van der Waals surface area contributed by atoms with Crippen LogP contribution >= 0.6 is 0 Å². The first kappa shape index (κ1) is 13.5. The maximum absolute atomic E-state index is 11.9. The fourth-order valence-corrected chi connectivity index (χ4v) is 1.94. The molecule has 94 valence electrons. The lowest BCUT2D eigenvalue weighted by molar-refractivity contribution is -0.124. The summed E-state index contributed by atoms with van der Waals surface area (Å²) in [6.07, 6.45) is 3.02. The van der Waals surface area contributed by atoms with Gasteiger partial charge in [-0.15, -0.1) is 0 Å². The monoisotopic (exact) mass is 226 g/mol. The third-order valence-corrected chi connectivity index (χ3v) is 3.97. The molecule has 0 bridgehead atoms. The Hall–Kier alpha value is -0.570. The molecule has 0 saturated heterocycles. The Bertz CT molecular complexity index is 248. The fraction of sp³-hybridized carbons (Fsp3) is 0.923. The molecule has 2 unspecified atom stereocenters. The molecule has 0 heterocycles. The topological polar surface area (TPSA) is 55.1 Å². The van der Waals surface area contributed by atoms with Gasteiger partial charge in [0.2, 0.25) is 5.91 Å². The average molecular weight is 226 g/mol. The molecule has 0 radical (unpaired) electrons. The van der Waals surface area contributed by atoms with Crippen molar-refractivity contribution in [2.45, 2.75) is 52.5 Å². The summed E-state index contributed by atoms with van der Waals surface area (Å²) in [6, 6.07) is 0. The van der Waals surface area contributed by atoms with Crippen LogP contribution in [0.15, 0.2) is 0 Å². The molecule has 0 aromatic rings. The number of amides is 1. The number of hydrogen-bond acceptors (Lipinski definition) is 2. The van der Waals surface area contributed by atoms with E-state index in [0.29, 0.717) is 30.7 Å². The molecule has 3 N–H and O–H groups in total. The molecule has 0 aliphatic heterocycles. The summed E-state index contributed by atoms with van der Waals surface area (Å²) < 4.78 is 0. The smallest absolute Gasteiger partial charge is 0.220 e.